The molecule has 2 aliphatic heterocycles. The normalized spacial score (nSPS) is 22.9. The van der Waals surface area contributed by atoms with E-state index in [-0.39, 0.29) is 0 Å². The number of hydrogen-bond acceptors (Lipinski definition) is 3. The van der Waals surface area contributed by atoms with Gasteiger partial charge in [0.25, 0.3) is 0 Å². The van der Waals surface area contributed by atoms with Gasteiger partial charge in [-0.25, -0.2) is 0 Å². The molecule has 2 N–H and O–H groups in total. The average Bonchev–Trinajstić information content (AvgIpc) is 2.85. The Balaban J connectivity index is 1.57. The summed E-state index contributed by atoms with van der Waals surface area (Å²) < 4.78 is 5.89. The Morgan fingerprint density at radius 1 is 1.29 bits per heavy atom. The average molecular weight is 232 g/mol. The molecule has 3 heteroatoms. The van der Waals surface area contributed by atoms with Crippen LogP contribution in [0.4, 0.5) is 5.69 Å². The van der Waals surface area contributed by atoms with E-state index in [0.29, 0.717) is 5.92 Å². The standard InChI is InChI=1S/C14H20N2O/c1-2-11(9-15-6-1)10-17-13-4-3-12-5-7-16-14(12)8-13/h3-4,8,11,15-16H,1-2,5-7,9-10H2. The number of fused-ring (bicyclic) bond motifs is 1. The first kappa shape index (κ1) is 10.9. The summed E-state index contributed by atoms with van der Waals surface area (Å²) in [5.41, 5.74) is 2.67. The minimum atomic E-state index is 0.671. The van der Waals surface area contributed by atoms with E-state index in [2.05, 4.69) is 28.8 Å². The molecule has 1 aromatic carbocycles. The van der Waals surface area contributed by atoms with Crippen LogP contribution in [0.3, 0.4) is 0 Å². The molecule has 0 amide bonds. The summed E-state index contributed by atoms with van der Waals surface area (Å²) >= 11 is 0. The molecule has 0 aromatic heterocycles. The first-order valence-corrected chi connectivity index (χ1v) is 6.62. The molecule has 0 radical (unpaired) electrons. The number of nitrogens with one attached hydrogen (secondary N) is 2. The fraction of sp³-hybridized carbons (Fsp3) is 0.571. The Morgan fingerprint density at radius 3 is 3.18 bits per heavy atom. The molecular formula is C14H20N2O. The Hall–Kier alpha value is -1.22. The monoisotopic (exact) mass is 232 g/mol. The van der Waals surface area contributed by atoms with Crippen LogP contribution in [0.1, 0.15) is 18.4 Å². The van der Waals surface area contributed by atoms with Crippen molar-refractivity contribution in [3.63, 3.8) is 0 Å². The van der Waals surface area contributed by atoms with E-state index in [1.165, 1.54) is 30.6 Å². The molecule has 1 atom stereocenters. The van der Waals surface area contributed by atoms with Gasteiger partial charge in [-0.1, -0.05) is 6.07 Å². The van der Waals surface area contributed by atoms with Crippen LogP contribution in [0, 0.1) is 5.92 Å². The van der Waals surface area contributed by atoms with Gasteiger partial charge >= 0.3 is 0 Å². The molecule has 2 aliphatic rings. The Kier molecular flexibility index (Phi) is 3.18. The van der Waals surface area contributed by atoms with Gasteiger partial charge in [-0.3, -0.25) is 0 Å². The molecule has 3 nitrogen and oxygen atoms in total. The summed E-state index contributed by atoms with van der Waals surface area (Å²) in [6.45, 7) is 4.17. The van der Waals surface area contributed by atoms with Crippen molar-refractivity contribution in [2.24, 2.45) is 5.92 Å². The number of rotatable bonds is 3. The molecule has 0 bridgehead atoms. The van der Waals surface area contributed by atoms with Crippen LogP contribution in [0.5, 0.6) is 5.75 Å². The van der Waals surface area contributed by atoms with Gasteiger partial charge < -0.3 is 15.4 Å². The van der Waals surface area contributed by atoms with E-state index < -0.39 is 0 Å². The van der Waals surface area contributed by atoms with Crippen molar-refractivity contribution in [2.45, 2.75) is 19.3 Å². The number of benzene rings is 1. The summed E-state index contributed by atoms with van der Waals surface area (Å²) in [6, 6.07) is 6.42. The highest BCUT2D eigenvalue weighted by atomic mass is 16.5. The third kappa shape index (κ3) is 2.55. The summed E-state index contributed by atoms with van der Waals surface area (Å²) in [6.07, 6.45) is 3.71. The molecule has 2 heterocycles. The zero-order valence-electron chi connectivity index (χ0n) is 10.2. The number of piperidine rings is 1. The fourth-order valence-corrected chi connectivity index (χ4v) is 2.64. The van der Waals surface area contributed by atoms with Gasteiger partial charge in [-0.05, 0) is 37.4 Å². The summed E-state index contributed by atoms with van der Waals surface area (Å²) in [5.74, 6) is 1.67. The van der Waals surface area contributed by atoms with Gasteiger partial charge in [-0.2, -0.15) is 0 Å². The lowest BCUT2D eigenvalue weighted by molar-refractivity contribution is 0.218. The van der Waals surface area contributed by atoms with Gasteiger partial charge in [0.05, 0.1) is 6.61 Å². The molecule has 17 heavy (non-hydrogen) atoms. The van der Waals surface area contributed by atoms with Crippen molar-refractivity contribution < 1.29 is 4.74 Å². The minimum absolute atomic E-state index is 0.671. The third-order valence-electron chi connectivity index (χ3n) is 3.68. The first-order valence-electron chi connectivity index (χ1n) is 6.62. The molecule has 3 rings (SSSR count). The van der Waals surface area contributed by atoms with Crippen LogP contribution in [0.25, 0.3) is 0 Å². The molecule has 92 valence electrons. The first-order chi connectivity index (χ1) is 8.42. The van der Waals surface area contributed by atoms with E-state index in [1.54, 1.807) is 0 Å². The summed E-state index contributed by atoms with van der Waals surface area (Å²) in [4.78, 5) is 0. The van der Waals surface area contributed by atoms with Crippen LogP contribution < -0.4 is 15.4 Å². The molecule has 0 saturated carbocycles. The topological polar surface area (TPSA) is 33.3 Å². The lowest BCUT2D eigenvalue weighted by atomic mass is 10.0. The molecule has 1 unspecified atom stereocenters. The second-order valence-electron chi connectivity index (χ2n) is 5.02. The summed E-state index contributed by atoms with van der Waals surface area (Å²) in [5, 5.41) is 6.81. The Labute approximate surface area is 103 Å². The smallest absolute Gasteiger partial charge is 0.121 e. The number of hydrogen-bond donors (Lipinski definition) is 2. The van der Waals surface area contributed by atoms with Crippen molar-refractivity contribution in [1.29, 1.82) is 0 Å². The third-order valence-corrected chi connectivity index (χ3v) is 3.68. The fourth-order valence-electron chi connectivity index (χ4n) is 2.64. The van der Waals surface area contributed by atoms with Crippen LogP contribution in [0.15, 0.2) is 18.2 Å². The lowest BCUT2D eigenvalue weighted by Gasteiger charge is -2.22. The maximum absolute atomic E-state index is 5.89. The quantitative estimate of drug-likeness (QED) is 0.836. The predicted octanol–water partition coefficient (Wildman–Crippen LogP) is 2.03. The highest BCUT2D eigenvalue weighted by molar-refractivity contribution is 5.58. The van der Waals surface area contributed by atoms with Crippen molar-refractivity contribution in [3.05, 3.63) is 23.8 Å². The van der Waals surface area contributed by atoms with Crippen LogP contribution >= 0.6 is 0 Å². The van der Waals surface area contributed by atoms with Crippen molar-refractivity contribution in [1.82, 2.24) is 5.32 Å². The zero-order chi connectivity index (χ0) is 11.5. The van der Waals surface area contributed by atoms with Gasteiger partial charge in [0.15, 0.2) is 0 Å². The van der Waals surface area contributed by atoms with E-state index in [0.717, 1.165) is 31.9 Å². The second-order valence-corrected chi connectivity index (χ2v) is 5.02. The molecule has 1 saturated heterocycles. The van der Waals surface area contributed by atoms with Gasteiger partial charge in [0, 0.05) is 30.8 Å². The number of ether oxygens (including phenoxy) is 1. The van der Waals surface area contributed by atoms with Crippen LogP contribution in [-0.2, 0) is 6.42 Å². The van der Waals surface area contributed by atoms with Crippen molar-refractivity contribution in [2.75, 3.05) is 31.6 Å². The molecule has 0 aliphatic carbocycles. The van der Waals surface area contributed by atoms with E-state index >= 15 is 0 Å². The largest absolute Gasteiger partial charge is 0.493 e. The van der Waals surface area contributed by atoms with Crippen molar-refractivity contribution >= 4 is 5.69 Å². The number of anilines is 1. The van der Waals surface area contributed by atoms with Gasteiger partial charge in [0.2, 0.25) is 0 Å². The minimum Gasteiger partial charge on any atom is -0.493 e. The molecule has 1 aromatic rings. The van der Waals surface area contributed by atoms with E-state index in [4.69, 9.17) is 4.74 Å². The Morgan fingerprint density at radius 2 is 2.29 bits per heavy atom. The molecule has 1 fully saturated rings. The van der Waals surface area contributed by atoms with Crippen LogP contribution in [-0.4, -0.2) is 26.2 Å². The molecule has 0 spiro atoms. The van der Waals surface area contributed by atoms with Gasteiger partial charge in [0.1, 0.15) is 5.75 Å². The Bertz CT molecular complexity index is 386. The predicted molar refractivity (Wildman–Crippen MR) is 69.7 cm³/mol. The SMILES string of the molecule is c1cc2c(cc1OCC1CCCNC1)NCC2. The zero-order valence-corrected chi connectivity index (χ0v) is 10.2. The highest BCUT2D eigenvalue weighted by Crippen LogP contribution is 2.27. The second kappa shape index (κ2) is 4.96. The van der Waals surface area contributed by atoms with Gasteiger partial charge in [-0.15, -0.1) is 0 Å². The van der Waals surface area contributed by atoms with Crippen LogP contribution in [0.2, 0.25) is 0 Å². The van der Waals surface area contributed by atoms with Crippen molar-refractivity contribution in [3.8, 4) is 5.75 Å². The molecular weight excluding hydrogens is 212 g/mol. The maximum Gasteiger partial charge on any atom is 0.121 e. The summed E-state index contributed by atoms with van der Waals surface area (Å²) in [7, 11) is 0. The lowest BCUT2D eigenvalue weighted by Crippen LogP contribution is -2.33. The van der Waals surface area contributed by atoms with E-state index in [9.17, 15) is 0 Å². The maximum atomic E-state index is 5.89. The highest BCUT2D eigenvalue weighted by Gasteiger charge is 2.14. The van der Waals surface area contributed by atoms with E-state index in [1.807, 2.05) is 0 Å².